The average molecular weight is 294 g/mol. The molecule has 4 nitrogen and oxygen atoms in total. The molecule has 0 saturated carbocycles. The van der Waals surface area contributed by atoms with Crippen molar-refractivity contribution in [1.29, 1.82) is 0 Å². The first-order valence-corrected chi connectivity index (χ1v) is 4.95. The Hall–Kier alpha value is -1.14. The zero-order valence-electron chi connectivity index (χ0n) is 7.42. The molecule has 1 aromatic rings. The third-order valence-electron chi connectivity index (χ3n) is 1.44. The second-order valence-electron chi connectivity index (χ2n) is 2.53. The highest BCUT2D eigenvalue weighted by molar-refractivity contribution is 9.10. The smallest absolute Gasteiger partial charge is 0.211 e. The van der Waals surface area contributed by atoms with Crippen LogP contribution in [0.3, 0.4) is 0 Å². The van der Waals surface area contributed by atoms with Crippen LogP contribution in [0.1, 0.15) is 5.56 Å². The van der Waals surface area contributed by atoms with Crippen molar-refractivity contribution in [2.45, 2.75) is 0 Å². The molecule has 80 valence electrons. The molecule has 0 saturated heterocycles. The monoisotopic (exact) mass is 292 g/mol. The van der Waals surface area contributed by atoms with Crippen molar-refractivity contribution in [1.82, 2.24) is 0 Å². The van der Waals surface area contributed by atoms with Gasteiger partial charge >= 0.3 is 0 Å². The lowest BCUT2D eigenvalue weighted by atomic mass is 10.2. The van der Waals surface area contributed by atoms with Crippen LogP contribution in [0.5, 0.6) is 0 Å². The van der Waals surface area contributed by atoms with Gasteiger partial charge in [-0.05, 0) is 28.1 Å². The highest BCUT2D eigenvalue weighted by Gasteiger charge is 2.07. The van der Waals surface area contributed by atoms with Crippen LogP contribution in [0.15, 0.2) is 26.8 Å². The summed E-state index contributed by atoms with van der Waals surface area (Å²) in [7, 11) is 0. The van der Waals surface area contributed by atoms with Crippen LogP contribution in [-0.4, -0.2) is 12.2 Å². The number of rotatable bonds is 2. The van der Waals surface area contributed by atoms with Crippen LogP contribution in [0, 0.1) is 5.82 Å². The zero-order valence-corrected chi connectivity index (χ0v) is 9.76. The van der Waals surface area contributed by atoms with Gasteiger partial charge in [-0.15, -0.1) is 5.10 Å². The van der Waals surface area contributed by atoms with Gasteiger partial charge in [0.25, 0.3) is 0 Å². The zero-order chi connectivity index (χ0) is 11.4. The van der Waals surface area contributed by atoms with Crippen LogP contribution in [-0.2, 0) is 0 Å². The number of halogens is 3. The molecule has 0 aliphatic rings. The second kappa shape index (κ2) is 5.09. The molecule has 0 atom stereocenters. The van der Waals surface area contributed by atoms with Gasteiger partial charge in [0, 0.05) is 5.56 Å². The molecule has 0 radical (unpaired) electrons. The maximum Gasteiger partial charge on any atom is 0.211 e. The van der Waals surface area contributed by atoms with Gasteiger partial charge in [-0.2, -0.15) is 5.10 Å². The quantitative estimate of drug-likeness (QED) is 0.378. The van der Waals surface area contributed by atoms with E-state index in [1.54, 1.807) is 0 Å². The van der Waals surface area contributed by atoms with Crippen LogP contribution in [0.2, 0.25) is 5.02 Å². The summed E-state index contributed by atoms with van der Waals surface area (Å²) >= 11 is 8.67. The molecule has 0 spiro atoms. The van der Waals surface area contributed by atoms with E-state index in [-0.39, 0.29) is 21.0 Å². The van der Waals surface area contributed by atoms with Gasteiger partial charge in [-0.1, -0.05) is 11.6 Å². The Labute approximate surface area is 98.9 Å². The minimum Gasteiger partial charge on any atom is -0.369 e. The second-order valence-corrected chi connectivity index (χ2v) is 3.73. The van der Waals surface area contributed by atoms with Gasteiger partial charge in [-0.3, -0.25) is 0 Å². The maximum absolute atomic E-state index is 13.5. The maximum atomic E-state index is 13.5. The molecule has 1 rings (SSSR count). The van der Waals surface area contributed by atoms with Crippen LogP contribution >= 0.6 is 27.5 Å². The van der Waals surface area contributed by atoms with Gasteiger partial charge < -0.3 is 11.5 Å². The first-order chi connectivity index (χ1) is 7.02. The van der Waals surface area contributed by atoms with E-state index >= 15 is 0 Å². The number of guanidine groups is 1. The van der Waals surface area contributed by atoms with Crippen molar-refractivity contribution >= 4 is 39.7 Å². The molecule has 7 heteroatoms. The van der Waals surface area contributed by atoms with Crippen molar-refractivity contribution in [2.24, 2.45) is 21.7 Å². The van der Waals surface area contributed by atoms with Gasteiger partial charge in [-0.25, -0.2) is 4.39 Å². The first kappa shape index (κ1) is 11.9. The molecule has 0 amide bonds. The predicted molar refractivity (Wildman–Crippen MR) is 62.5 cm³/mol. The number of nitrogens with zero attached hydrogens (tertiary/aromatic N) is 2. The molecule has 0 bridgehead atoms. The molecule has 1 aromatic carbocycles. The van der Waals surface area contributed by atoms with E-state index < -0.39 is 5.82 Å². The molecule has 0 fully saturated rings. The lowest BCUT2D eigenvalue weighted by molar-refractivity contribution is 0.619. The van der Waals surface area contributed by atoms with Gasteiger partial charge in [0.2, 0.25) is 5.96 Å². The van der Waals surface area contributed by atoms with Gasteiger partial charge in [0.1, 0.15) is 5.82 Å². The Morgan fingerprint density at radius 3 is 2.73 bits per heavy atom. The largest absolute Gasteiger partial charge is 0.369 e. The average Bonchev–Trinajstić information content (AvgIpc) is 2.18. The standard InChI is InChI=1S/C8H7BrClFN4/c9-6-5(10)2-1-4(7(6)11)3-14-15-8(12)13/h1-3H,(H4,12,13,15). The summed E-state index contributed by atoms with van der Waals surface area (Å²) in [5.41, 5.74) is 10.3. The SMILES string of the molecule is NC(N)=NN=Cc1ccc(Cl)c(Br)c1F. The van der Waals surface area contributed by atoms with Crippen LogP contribution in [0.25, 0.3) is 0 Å². The van der Waals surface area contributed by atoms with E-state index in [1.807, 2.05) is 0 Å². The number of benzene rings is 1. The Kier molecular flexibility index (Phi) is 4.05. The molecule has 0 aliphatic heterocycles. The Bertz CT molecular complexity index is 429. The molecule has 0 unspecified atom stereocenters. The van der Waals surface area contributed by atoms with Crippen molar-refractivity contribution < 1.29 is 4.39 Å². The summed E-state index contributed by atoms with van der Waals surface area (Å²) < 4.78 is 13.6. The van der Waals surface area contributed by atoms with Crippen molar-refractivity contribution in [3.8, 4) is 0 Å². The van der Waals surface area contributed by atoms with E-state index in [9.17, 15) is 4.39 Å². The molecule has 0 aromatic heterocycles. The molecule has 4 N–H and O–H groups in total. The fraction of sp³-hybridized carbons (Fsp3) is 0. The summed E-state index contributed by atoms with van der Waals surface area (Å²) in [6.45, 7) is 0. The summed E-state index contributed by atoms with van der Waals surface area (Å²) in [5, 5.41) is 7.11. The molecule has 15 heavy (non-hydrogen) atoms. The first-order valence-electron chi connectivity index (χ1n) is 3.78. The lowest BCUT2D eigenvalue weighted by Crippen LogP contribution is -2.21. The van der Waals surface area contributed by atoms with Crippen molar-refractivity contribution in [3.63, 3.8) is 0 Å². The Morgan fingerprint density at radius 1 is 1.47 bits per heavy atom. The van der Waals surface area contributed by atoms with Crippen LogP contribution in [0.4, 0.5) is 4.39 Å². The summed E-state index contributed by atoms with van der Waals surface area (Å²) in [6.07, 6.45) is 1.19. The summed E-state index contributed by atoms with van der Waals surface area (Å²) in [6, 6.07) is 3.00. The van der Waals surface area contributed by atoms with E-state index in [0.29, 0.717) is 0 Å². The fourth-order valence-corrected chi connectivity index (χ4v) is 1.31. The highest BCUT2D eigenvalue weighted by Crippen LogP contribution is 2.26. The fourth-order valence-electron chi connectivity index (χ4n) is 0.798. The molecule has 0 aliphatic carbocycles. The normalized spacial score (nSPS) is 10.6. The topological polar surface area (TPSA) is 76.8 Å². The minimum atomic E-state index is -0.517. The number of hydrogen-bond donors (Lipinski definition) is 2. The van der Waals surface area contributed by atoms with E-state index in [2.05, 4.69) is 26.1 Å². The lowest BCUT2D eigenvalue weighted by Gasteiger charge is -2.00. The third kappa shape index (κ3) is 3.17. The van der Waals surface area contributed by atoms with Crippen molar-refractivity contribution in [3.05, 3.63) is 33.0 Å². The predicted octanol–water partition coefficient (Wildman–Crippen LogP) is 1.85. The molecular formula is C8H7BrClFN4. The Morgan fingerprint density at radius 2 is 2.13 bits per heavy atom. The highest BCUT2D eigenvalue weighted by atomic mass is 79.9. The summed E-state index contributed by atoms with van der Waals surface area (Å²) in [4.78, 5) is 0. The number of hydrogen-bond acceptors (Lipinski definition) is 2. The summed E-state index contributed by atoms with van der Waals surface area (Å²) in [5.74, 6) is -0.711. The molecule has 0 heterocycles. The van der Waals surface area contributed by atoms with Gasteiger partial charge in [0.15, 0.2) is 0 Å². The van der Waals surface area contributed by atoms with Crippen molar-refractivity contribution in [2.75, 3.05) is 0 Å². The van der Waals surface area contributed by atoms with E-state index in [0.717, 1.165) is 0 Å². The van der Waals surface area contributed by atoms with Gasteiger partial charge in [0.05, 0.1) is 15.7 Å². The van der Waals surface area contributed by atoms with Crippen LogP contribution < -0.4 is 11.5 Å². The number of nitrogens with two attached hydrogens (primary N) is 2. The van der Waals surface area contributed by atoms with E-state index in [4.69, 9.17) is 23.1 Å². The minimum absolute atomic E-state index is 0.179. The molecular weight excluding hydrogens is 286 g/mol. The Balaban J connectivity index is 3.02. The van der Waals surface area contributed by atoms with E-state index in [1.165, 1.54) is 18.3 Å². The third-order valence-corrected chi connectivity index (χ3v) is 2.75.